The highest BCUT2D eigenvalue weighted by atomic mass is 16.5. The van der Waals surface area contributed by atoms with Gasteiger partial charge in [0.25, 0.3) is 0 Å². The van der Waals surface area contributed by atoms with Crippen molar-refractivity contribution in [2.24, 2.45) is 0 Å². The van der Waals surface area contributed by atoms with Gasteiger partial charge in [0.1, 0.15) is 18.1 Å². The molecule has 0 radical (unpaired) electrons. The van der Waals surface area contributed by atoms with Gasteiger partial charge in [-0.05, 0) is 44.4 Å². The van der Waals surface area contributed by atoms with Crippen molar-refractivity contribution >= 4 is 0 Å². The van der Waals surface area contributed by atoms with Crippen LogP contribution in [0.15, 0.2) is 16.5 Å². The summed E-state index contributed by atoms with van der Waals surface area (Å²) in [6.45, 7) is 4.52. The normalized spacial score (nSPS) is 20.8. The Hall–Kier alpha value is -0.840. The maximum atomic E-state index is 5.83. The molecule has 0 aromatic carbocycles. The topological polar surface area (TPSA) is 43.6 Å². The summed E-state index contributed by atoms with van der Waals surface area (Å²) in [6, 6.07) is 4.33. The summed E-state index contributed by atoms with van der Waals surface area (Å²) in [5.74, 6) is 1.89. The molecule has 1 aliphatic rings. The van der Waals surface area contributed by atoms with Gasteiger partial charge in [0, 0.05) is 13.7 Å². The first-order valence-electron chi connectivity index (χ1n) is 7.26. The monoisotopic (exact) mass is 267 g/mol. The molecule has 1 aliphatic heterocycles. The van der Waals surface area contributed by atoms with Crippen LogP contribution in [-0.4, -0.2) is 26.4 Å². The Morgan fingerprint density at radius 3 is 3.05 bits per heavy atom. The molecule has 1 saturated heterocycles. The van der Waals surface area contributed by atoms with Crippen LogP contribution in [0.1, 0.15) is 50.2 Å². The highest BCUT2D eigenvalue weighted by Gasteiger charge is 2.20. The SMILES string of the molecule is CCNC(CCC1CCCO1)c1ccc(COC)o1. The molecule has 2 rings (SSSR count). The van der Waals surface area contributed by atoms with Gasteiger partial charge in [0.15, 0.2) is 0 Å². The first-order chi connectivity index (χ1) is 9.33. The number of nitrogens with one attached hydrogen (secondary N) is 1. The zero-order valence-electron chi connectivity index (χ0n) is 12.0. The lowest BCUT2D eigenvalue weighted by molar-refractivity contribution is 0.0985. The van der Waals surface area contributed by atoms with Crippen LogP contribution >= 0.6 is 0 Å². The fourth-order valence-electron chi connectivity index (χ4n) is 2.62. The lowest BCUT2D eigenvalue weighted by Gasteiger charge is -2.17. The molecule has 2 atom stereocenters. The largest absolute Gasteiger partial charge is 0.462 e. The average molecular weight is 267 g/mol. The van der Waals surface area contributed by atoms with E-state index in [1.165, 1.54) is 12.8 Å². The van der Waals surface area contributed by atoms with Crippen LogP contribution in [0.25, 0.3) is 0 Å². The molecule has 0 amide bonds. The van der Waals surface area contributed by atoms with Crippen molar-refractivity contribution in [3.8, 4) is 0 Å². The second-order valence-corrected chi connectivity index (χ2v) is 5.06. The molecule has 1 N–H and O–H groups in total. The minimum Gasteiger partial charge on any atom is -0.462 e. The molecule has 0 saturated carbocycles. The van der Waals surface area contributed by atoms with Gasteiger partial charge < -0.3 is 19.2 Å². The quantitative estimate of drug-likeness (QED) is 0.786. The summed E-state index contributed by atoms with van der Waals surface area (Å²) in [7, 11) is 1.68. The summed E-state index contributed by atoms with van der Waals surface area (Å²) in [4.78, 5) is 0. The highest BCUT2D eigenvalue weighted by molar-refractivity contribution is 5.10. The molecule has 2 unspecified atom stereocenters. The van der Waals surface area contributed by atoms with E-state index >= 15 is 0 Å². The molecule has 4 nitrogen and oxygen atoms in total. The van der Waals surface area contributed by atoms with Crippen molar-refractivity contribution < 1.29 is 13.9 Å². The van der Waals surface area contributed by atoms with Crippen LogP contribution in [0.5, 0.6) is 0 Å². The van der Waals surface area contributed by atoms with Crippen LogP contribution in [0.4, 0.5) is 0 Å². The predicted molar refractivity (Wildman–Crippen MR) is 74.0 cm³/mol. The molecular weight excluding hydrogens is 242 g/mol. The summed E-state index contributed by atoms with van der Waals surface area (Å²) < 4.78 is 16.6. The van der Waals surface area contributed by atoms with Gasteiger partial charge in [-0.1, -0.05) is 6.92 Å². The first-order valence-corrected chi connectivity index (χ1v) is 7.26. The number of rotatable bonds is 8. The molecule has 0 aliphatic carbocycles. The van der Waals surface area contributed by atoms with Crippen molar-refractivity contribution in [2.75, 3.05) is 20.3 Å². The van der Waals surface area contributed by atoms with Crippen molar-refractivity contribution in [1.82, 2.24) is 5.32 Å². The zero-order valence-corrected chi connectivity index (χ0v) is 12.0. The van der Waals surface area contributed by atoms with Crippen molar-refractivity contribution in [3.63, 3.8) is 0 Å². The Balaban J connectivity index is 1.89. The van der Waals surface area contributed by atoms with Crippen molar-refractivity contribution in [3.05, 3.63) is 23.7 Å². The summed E-state index contributed by atoms with van der Waals surface area (Å²) in [5.41, 5.74) is 0. The van der Waals surface area contributed by atoms with Gasteiger partial charge in [-0.3, -0.25) is 0 Å². The van der Waals surface area contributed by atoms with Gasteiger partial charge in [-0.25, -0.2) is 0 Å². The van der Waals surface area contributed by atoms with Crippen LogP contribution in [0.2, 0.25) is 0 Å². The molecule has 2 heterocycles. The van der Waals surface area contributed by atoms with E-state index in [1.54, 1.807) is 7.11 Å². The Labute approximate surface area is 115 Å². The Morgan fingerprint density at radius 2 is 2.37 bits per heavy atom. The van der Waals surface area contributed by atoms with Gasteiger partial charge >= 0.3 is 0 Å². The molecular formula is C15H25NO3. The third kappa shape index (κ3) is 4.34. The third-order valence-electron chi connectivity index (χ3n) is 3.56. The molecule has 4 heteroatoms. The minimum absolute atomic E-state index is 0.278. The van der Waals surface area contributed by atoms with Gasteiger partial charge in [0.2, 0.25) is 0 Å². The Kier molecular flexibility index (Phi) is 5.89. The zero-order chi connectivity index (χ0) is 13.5. The number of ether oxygens (including phenoxy) is 2. The van der Waals surface area contributed by atoms with Crippen LogP contribution in [-0.2, 0) is 16.1 Å². The van der Waals surface area contributed by atoms with E-state index in [-0.39, 0.29) is 6.04 Å². The standard InChI is InChI=1S/C15H25NO3/c1-3-16-14(8-6-12-5-4-10-18-12)15-9-7-13(19-15)11-17-2/h7,9,12,14,16H,3-6,8,10-11H2,1-2H3. The van der Waals surface area contributed by atoms with E-state index in [4.69, 9.17) is 13.9 Å². The smallest absolute Gasteiger partial charge is 0.129 e. The van der Waals surface area contributed by atoms with E-state index in [1.807, 2.05) is 6.07 Å². The van der Waals surface area contributed by atoms with E-state index < -0.39 is 0 Å². The lowest BCUT2D eigenvalue weighted by atomic mass is 10.0. The molecule has 0 spiro atoms. The van der Waals surface area contributed by atoms with E-state index in [0.29, 0.717) is 12.7 Å². The van der Waals surface area contributed by atoms with Crippen LogP contribution < -0.4 is 5.32 Å². The second kappa shape index (κ2) is 7.68. The van der Waals surface area contributed by atoms with E-state index in [0.717, 1.165) is 37.5 Å². The van der Waals surface area contributed by atoms with E-state index in [9.17, 15) is 0 Å². The van der Waals surface area contributed by atoms with Gasteiger partial charge in [0.05, 0.1) is 12.1 Å². The maximum Gasteiger partial charge on any atom is 0.129 e. The number of methoxy groups -OCH3 is 1. The molecule has 0 bridgehead atoms. The maximum absolute atomic E-state index is 5.83. The minimum atomic E-state index is 0.278. The number of hydrogen-bond acceptors (Lipinski definition) is 4. The first kappa shape index (κ1) is 14.6. The van der Waals surface area contributed by atoms with E-state index in [2.05, 4.69) is 18.3 Å². The third-order valence-corrected chi connectivity index (χ3v) is 3.56. The van der Waals surface area contributed by atoms with Crippen molar-refractivity contribution in [1.29, 1.82) is 0 Å². The van der Waals surface area contributed by atoms with Crippen LogP contribution in [0.3, 0.4) is 0 Å². The Bertz CT molecular complexity index is 358. The number of furan rings is 1. The highest BCUT2D eigenvalue weighted by Crippen LogP contribution is 2.25. The van der Waals surface area contributed by atoms with Gasteiger partial charge in [-0.15, -0.1) is 0 Å². The fourth-order valence-corrected chi connectivity index (χ4v) is 2.62. The summed E-state index contributed by atoms with van der Waals surface area (Å²) >= 11 is 0. The van der Waals surface area contributed by atoms with Crippen LogP contribution in [0, 0.1) is 0 Å². The predicted octanol–water partition coefficient (Wildman–Crippen LogP) is 3.04. The molecule has 19 heavy (non-hydrogen) atoms. The average Bonchev–Trinajstić information content (AvgIpc) is 3.06. The lowest BCUT2D eigenvalue weighted by Crippen LogP contribution is -2.22. The van der Waals surface area contributed by atoms with Crippen molar-refractivity contribution in [2.45, 2.75) is 51.4 Å². The number of hydrogen-bond donors (Lipinski definition) is 1. The second-order valence-electron chi connectivity index (χ2n) is 5.06. The summed E-state index contributed by atoms with van der Waals surface area (Å²) in [5, 5.41) is 3.49. The molecule has 1 aromatic rings. The summed E-state index contributed by atoms with van der Waals surface area (Å²) in [6.07, 6.45) is 4.99. The molecule has 1 aromatic heterocycles. The molecule has 1 fully saturated rings. The fraction of sp³-hybridized carbons (Fsp3) is 0.733. The van der Waals surface area contributed by atoms with Gasteiger partial charge in [-0.2, -0.15) is 0 Å². The Morgan fingerprint density at radius 1 is 1.47 bits per heavy atom. The molecule has 108 valence electrons.